The van der Waals surface area contributed by atoms with Crippen LogP contribution in [0.3, 0.4) is 0 Å². The molecule has 13 heavy (non-hydrogen) atoms. The van der Waals surface area contributed by atoms with Gasteiger partial charge in [-0.25, -0.2) is 11.6 Å². The maximum Gasteiger partial charge on any atom is 3.00 e. The Hall–Kier alpha value is 1.32. The molecule has 2 rings (SSSR count). The number of allylic oxidation sites excluding steroid dienone is 4. The van der Waals surface area contributed by atoms with Gasteiger partial charge in [0.05, 0.1) is 0 Å². The molecule has 1 fully saturated rings. The second-order valence-electron chi connectivity index (χ2n) is 3.22. The number of rotatable bonds is 1. The minimum Gasteiger partial charge on any atom is -1.00 e. The third kappa shape index (κ3) is 4.57. The van der Waals surface area contributed by atoms with Crippen LogP contribution in [0.5, 0.6) is 0 Å². The van der Waals surface area contributed by atoms with Crippen LogP contribution in [-0.4, -0.2) is 0 Å². The molecule has 1 radical (unpaired) electrons. The standard InChI is InChI=1S/C10H13.2BrH.Zr/c1-2-6-9(5-1)10-7-3-4-8-10;;;/h1,5,10H,2-4,7-8H2;2*1H;/q-1;;;+3/p-2. The van der Waals surface area contributed by atoms with E-state index in [1.54, 1.807) is 0 Å². The zero-order valence-corrected chi connectivity index (χ0v) is 13.2. The van der Waals surface area contributed by atoms with E-state index < -0.39 is 0 Å². The van der Waals surface area contributed by atoms with E-state index in [9.17, 15) is 0 Å². The van der Waals surface area contributed by atoms with Crippen molar-refractivity contribution in [1.29, 1.82) is 0 Å². The van der Waals surface area contributed by atoms with Crippen LogP contribution in [-0.2, 0) is 26.2 Å². The van der Waals surface area contributed by atoms with Gasteiger partial charge < -0.3 is 34.0 Å². The molecular formula is C10H13Br2Zr. The molecule has 0 bridgehead atoms. The van der Waals surface area contributed by atoms with Gasteiger partial charge in [0.25, 0.3) is 0 Å². The third-order valence-corrected chi connectivity index (χ3v) is 2.52. The molecule has 2 aliphatic carbocycles. The first-order chi connectivity index (χ1) is 4.97. The summed E-state index contributed by atoms with van der Waals surface area (Å²) < 4.78 is 0. The van der Waals surface area contributed by atoms with Crippen LogP contribution >= 0.6 is 0 Å². The Labute approximate surface area is 121 Å². The largest absolute Gasteiger partial charge is 3.00 e. The fourth-order valence-corrected chi connectivity index (χ4v) is 1.94. The van der Waals surface area contributed by atoms with Crippen molar-refractivity contribution in [2.75, 3.05) is 0 Å². The summed E-state index contributed by atoms with van der Waals surface area (Å²) in [7, 11) is 0. The van der Waals surface area contributed by atoms with E-state index in [4.69, 9.17) is 0 Å². The summed E-state index contributed by atoms with van der Waals surface area (Å²) in [4.78, 5) is 0. The Balaban J connectivity index is 0. The van der Waals surface area contributed by atoms with Crippen LogP contribution in [0, 0.1) is 12.0 Å². The normalized spacial score (nSPS) is 19.8. The molecule has 0 saturated heterocycles. The molecule has 2 aliphatic rings. The minimum absolute atomic E-state index is 0. The van der Waals surface area contributed by atoms with Crippen molar-refractivity contribution >= 4 is 0 Å². The summed E-state index contributed by atoms with van der Waals surface area (Å²) in [6, 6.07) is 0. The van der Waals surface area contributed by atoms with Gasteiger partial charge >= 0.3 is 26.2 Å². The zero-order chi connectivity index (χ0) is 6.81. The van der Waals surface area contributed by atoms with Crippen molar-refractivity contribution in [2.24, 2.45) is 5.92 Å². The second kappa shape index (κ2) is 8.62. The summed E-state index contributed by atoms with van der Waals surface area (Å²) in [5.74, 6) is 0.874. The summed E-state index contributed by atoms with van der Waals surface area (Å²) in [5, 5.41) is 0. The van der Waals surface area contributed by atoms with Crippen molar-refractivity contribution in [3.63, 3.8) is 0 Å². The Kier molecular flexibility index (Phi) is 11.1. The smallest absolute Gasteiger partial charge is 1.00 e. The molecule has 0 aromatic carbocycles. The molecular weight excluding hydrogens is 371 g/mol. The van der Waals surface area contributed by atoms with Gasteiger partial charge in [-0.1, -0.05) is 12.8 Å². The first-order valence-electron chi connectivity index (χ1n) is 4.24. The average Bonchev–Trinajstić information content (AvgIpc) is 2.59. The van der Waals surface area contributed by atoms with Crippen molar-refractivity contribution in [3.05, 3.63) is 23.8 Å². The fraction of sp³-hybridized carbons (Fsp3) is 0.600. The number of halogens is 2. The van der Waals surface area contributed by atoms with Crippen molar-refractivity contribution in [2.45, 2.75) is 32.1 Å². The van der Waals surface area contributed by atoms with E-state index in [1.165, 1.54) is 31.3 Å². The predicted octanol–water partition coefficient (Wildman–Crippen LogP) is -3.13. The summed E-state index contributed by atoms with van der Waals surface area (Å²) in [6.07, 6.45) is 14.6. The summed E-state index contributed by atoms with van der Waals surface area (Å²) in [5.41, 5.74) is 1.50. The van der Waals surface area contributed by atoms with E-state index in [-0.39, 0.29) is 60.2 Å². The molecule has 0 nitrogen and oxygen atoms in total. The van der Waals surface area contributed by atoms with Crippen molar-refractivity contribution in [3.8, 4) is 0 Å². The molecule has 0 heterocycles. The molecule has 0 aromatic heterocycles. The average molecular weight is 384 g/mol. The third-order valence-electron chi connectivity index (χ3n) is 2.52. The first-order valence-corrected chi connectivity index (χ1v) is 4.24. The van der Waals surface area contributed by atoms with Gasteiger partial charge in [-0.2, -0.15) is 6.08 Å². The Bertz CT molecular complexity index is 181. The molecule has 0 aliphatic heterocycles. The molecule has 0 spiro atoms. The minimum atomic E-state index is 0. The Morgan fingerprint density at radius 3 is 2.23 bits per heavy atom. The van der Waals surface area contributed by atoms with E-state index in [0.29, 0.717) is 0 Å². The van der Waals surface area contributed by atoms with Crippen LogP contribution in [0.1, 0.15) is 32.1 Å². The zero-order valence-electron chi connectivity index (χ0n) is 7.52. The van der Waals surface area contributed by atoms with Crippen LogP contribution in [0.4, 0.5) is 0 Å². The van der Waals surface area contributed by atoms with Gasteiger partial charge in [0.2, 0.25) is 0 Å². The Morgan fingerprint density at radius 2 is 1.77 bits per heavy atom. The molecule has 71 valence electrons. The molecule has 0 unspecified atom stereocenters. The topological polar surface area (TPSA) is 0 Å². The Morgan fingerprint density at radius 1 is 1.15 bits per heavy atom. The van der Waals surface area contributed by atoms with Gasteiger partial charge in [-0.05, 0) is 18.8 Å². The van der Waals surface area contributed by atoms with E-state index in [0.717, 1.165) is 12.3 Å². The predicted molar refractivity (Wildman–Crippen MR) is 42.5 cm³/mol. The second-order valence-corrected chi connectivity index (χ2v) is 3.22. The van der Waals surface area contributed by atoms with Crippen molar-refractivity contribution in [1.82, 2.24) is 0 Å². The first kappa shape index (κ1) is 16.7. The van der Waals surface area contributed by atoms with Gasteiger partial charge in [-0.15, -0.1) is 6.42 Å². The summed E-state index contributed by atoms with van der Waals surface area (Å²) >= 11 is 0. The van der Waals surface area contributed by atoms with Gasteiger partial charge in [-0.3, -0.25) is 6.08 Å². The van der Waals surface area contributed by atoms with E-state index in [2.05, 4.69) is 18.2 Å². The van der Waals surface area contributed by atoms with Crippen molar-refractivity contribution < 1.29 is 60.2 Å². The molecule has 3 heteroatoms. The molecule has 0 atom stereocenters. The number of hydrogen-bond acceptors (Lipinski definition) is 0. The van der Waals surface area contributed by atoms with Crippen LogP contribution in [0.2, 0.25) is 0 Å². The van der Waals surface area contributed by atoms with Gasteiger partial charge in [0.15, 0.2) is 0 Å². The van der Waals surface area contributed by atoms with Crippen LogP contribution in [0.15, 0.2) is 17.7 Å². The number of hydrogen-bond donors (Lipinski definition) is 0. The van der Waals surface area contributed by atoms with E-state index >= 15 is 0 Å². The SMILES string of the molecule is [Br-].[Br-].[C-]1=C(C2CCCC2)C=CC1.[Zr+3]. The monoisotopic (exact) mass is 381 g/mol. The van der Waals surface area contributed by atoms with E-state index in [1.807, 2.05) is 0 Å². The van der Waals surface area contributed by atoms with Crippen LogP contribution < -0.4 is 34.0 Å². The fourth-order valence-electron chi connectivity index (χ4n) is 1.94. The maximum absolute atomic E-state index is 3.40. The molecule has 0 amide bonds. The maximum atomic E-state index is 3.40. The van der Waals surface area contributed by atoms with Gasteiger partial charge in [0, 0.05) is 0 Å². The molecule has 0 N–H and O–H groups in total. The molecule has 0 aromatic rings. The molecule has 1 saturated carbocycles. The van der Waals surface area contributed by atoms with Crippen LogP contribution in [0.25, 0.3) is 0 Å². The summed E-state index contributed by atoms with van der Waals surface area (Å²) in [6.45, 7) is 0. The quantitative estimate of drug-likeness (QED) is 0.420. The van der Waals surface area contributed by atoms with Gasteiger partial charge in [0.1, 0.15) is 0 Å².